The Labute approximate surface area is 148 Å². The van der Waals surface area contributed by atoms with E-state index in [0.29, 0.717) is 34.3 Å². The summed E-state index contributed by atoms with van der Waals surface area (Å²) in [6.07, 6.45) is 1.65. The number of carbonyl (C=O) groups excluding carboxylic acids is 1. The maximum absolute atomic E-state index is 13.3. The molecule has 3 rings (SSSR count). The van der Waals surface area contributed by atoms with Gasteiger partial charge < -0.3 is 4.74 Å². The van der Waals surface area contributed by atoms with E-state index in [4.69, 9.17) is 4.74 Å². The van der Waals surface area contributed by atoms with Crippen LogP contribution in [0.1, 0.15) is 10.4 Å². The summed E-state index contributed by atoms with van der Waals surface area (Å²) in [7, 11) is 0. The van der Waals surface area contributed by atoms with Gasteiger partial charge in [-0.2, -0.15) is 0 Å². The molecule has 2 aromatic carbocycles. The lowest BCUT2D eigenvalue weighted by Crippen LogP contribution is -2.11. The molecule has 1 N–H and O–H groups in total. The van der Waals surface area contributed by atoms with E-state index in [-0.39, 0.29) is 11.7 Å². The molecule has 1 heterocycles. The second-order valence-corrected chi connectivity index (χ2v) is 5.98. The Bertz CT molecular complexity index is 890. The van der Waals surface area contributed by atoms with E-state index in [1.54, 1.807) is 47.9 Å². The van der Waals surface area contributed by atoms with Crippen LogP contribution in [0.5, 0.6) is 5.75 Å². The Hall–Kier alpha value is -2.99. The summed E-state index contributed by atoms with van der Waals surface area (Å²) < 4.78 is 18.7. The molecule has 0 aliphatic rings. The molecule has 3 aromatic rings. The zero-order valence-electron chi connectivity index (χ0n) is 13.2. The fraction of sp³-hybridized carbons (Fsp3) is 0.0526. The van der Waals surface area contributed by atoms with Crippen molar-refractivity contribution in [1.82, 2.24) is 4.98 Å². The van der Waals surface area contributed by atoms with E-state index >= 15 is 0 Å². The van der Waals surface area contributed by atoms with Gasteiger partial charge in [-0.15, -0.1) is 11.3 Å². The number of hydrogen-bond acceptors (Lipinski definition) is 4. The molecule has 0 fully saturated rings. The van der Waals surface area contributed by atoms with Gasteiger partial charge in [0.1, 0.15) is 18.2 Å². The van der Waals surface area contributed by atoms with Crippen LogP contribution in [0, 0.1) is 5.82 Å². The van der Waals surface area contributed by atoms with Crippen molar-refractivity contribution in [1.29, 1.82) is 0 Å². The van der Waals surface area contributed by atoms with Gasteiger partial charge in [-0.25, -0.2) is 9.37 Å². The highest BCUT2D eigenvalue weighted by Gasteiger charge is 2.10. The molecule has 0 aliphatic carbocycles. The fourth-order valence-electron chi connectivity index (χ4n) is 2.14. The predicted molar refractivity (Wildman–Crippen MR) is 97.6 cm³/mol. The van der Waals surface area contributed by atoms with Crippen molar-refractivity contribution < 1.29 is 13.9 Å². The number of thiazole rings is 1. The van der Waals surface area contributed by atoms with Crippen LogP contribution in [0.2, 0.25) is 0 Å². The molecule has 0 saturated heterocycles. The highest BCUT2D eigenvalue weighted by atomic mass is 32.1. The number of ether oxygens (including phenoxy) is 1. The summed E-state index contributed by atoms with van der Waals surface area (Å²) in [5.74, 6) is 0.0735. The lowest BCUT2D eigenvalue weighted by atomic mass is 10.2. The Morgan fingerprint density at radius 3 is 2.80 bits per heavy atom. The lowest BCUT2D eigenvalue weighted by molar-refractivity contribution is 0.102. The van der Waals surface area contributed by atoms with Gasteiger partial charge in [0.05, 0.1) is 5.69 Å². The first kappa shape index (κ1) is 16.9. The number of carbonyl (C=O) groups is 1. The molecule has 0 saturated carbocycles. The van der Waals surface area contributed by atoms with E-state index in [2.05, 4.69) is 16.9 Å². The predicted octanol–water partition coefficient (Wildman–Crippen LogP) is 4.77. The molecular formula is C19H15FN2O2S. The normalized spacial score (nSPS) is 10.3. The highest BCUT2D eigenvalue weighted by Crippen LogP contribution is 2.25. The van der Waals surface area contributed by atoms with Crippen molar-refractivity contribution in [2.45, 2.75) is 0 Å². The van der Waals surface area contributed by atoms with Crippen LogP contribution in [0.25, 0.3) is 11.3 Å². The van der Waals surface area contributed by atoms with E-state index in [0.717, 1.165) is 0 Å². The summed E-state index contributed by atoms with van der Waals surface area (Å²) >= 11 is 1.29. The Morgan fingerprint density at radius 2 is 2.08 bits per heavy atom. The van der Waals surface area contributed by atoms with Crippen molar-refractivity contribution in [2.24, 2.45) is 0 Å². The van der Waals surface area contributed by atoms with Crippen LogP contribution in [0.4, 0.5) is 9.52 Å². The van der Waals surface area contributed by atoms with Crippen LogP contribution < -0.4 is 10.1 Å². The van der Waals surface area contributed by atoms with Gasteiger partial charge in [0.25, 0.3) is 5.91 Å². The largest absolute Gasteiger partial charge is 0.490 e. The number of benzene rings is 2. The topological polar surface area (TPSA) is 51.2 Å². The number of nitrogens with one attached hydrogen (secondary N) is 1. The summed E-state index contributed by atoms with van der Waals surface area (Å²) in [5.41, 5.74) is 1.78. The minimum absolute atomic E-state index is 0.268. The number of anilines is 1. The van der Waals surface area contributed by atoms with E-state index in [1.165, 1.54) is 23.5 Å². The molecule has 0 radical (unpaired) electrons. The minimum atomic E-state index is -0.324. The third-order valence-corrected chi connectivity index (χ3v) is 4.09. The number of rotatable bonds is 6. The number of nitrogens with zero attached hydrogens (tertiary/aromatic N) is 1. The van der Waals surface area contributed by atoms with Crippen molar-refractivity contribution in [3.8, 4) is 17.0 Å². The average molecular weight is 354 g/mol. The standard InChI is InChI=1S/C19H15FN2O2S/c1-2-10-24-16-8-6-13(7-9-16)18(23)22-19-21-17(12-25-19)14-4-3-5-15(20)11-14/h2-9,11-12H,1,10H2,(H,21,22,23). The first-order valence-electron chi connectivity index (χ1n) is 7.52. The van der Waals surface area contributed by atoms with Crippen LogP contribution in [0.3, 0.4) is 0 Å². The summed E-state index contributed by atoms with van der Waals surface area (Å²) in [6, 6.07) is 13.0. The Balaban J connectivity index is 1.68. The summed E-state index contributed by atoms with van der Waals surface area (Å²) in [6.45, 7) is 3.99. The number of hydrogen-bond donors (Lipinski definition) is 1. The van der Waals surface area contributed by atoms with E-state index in [1.807, 2.05) is 0 Å². The third kappa shape index (κ3) is 4.30. The first-order valence-corrected chi connectivity index (χ1v) is 8.40. The van der Waals surface area contributed by atoms with E-state index < -0.39 is 0 Å². The van der Waals surface area contributed by atoms with Crippen molar-refractivity contribution in [3.63, 3.8) is 0 Å². The van der Waals surface area contributed by atoms with Crippen LogP contribution in [-0.2, 0) is 0 Å². The van der Waals surface area contributed by atoms with Crippen LogP contribution in [-0.4, -0.2) is 17.5 Å². The zero-order valence-corrected chi connectivity index (χ0v) is 14.1. The number of amides is 1. The molecule has 4 nitrogen and oxygen atoms in total. The van der Waals surface area contributed by atoms with Crippen molar-refractivity contribution in [2.75, 3.05) is 11.9 Å². The summed E-state index contributed by atoms with van der Waals surface area (Å²) in [4.78, 5) is 16.6. The maximum atomic E-state index is 13.3. The minimum Gasteiger partial charge on any atom is -0.490 e. The van der Waals surface area contributed by atoms with Crippen molar-refractivity contribution in [3.05, 3.63) is 77.9 Å². The van der Waals surface area contributed by atoms with Gasteiger partial charge in [-0.1, -0.05) is 24.8 Å². The monoisotopic (exact) mass is 354 g/mol. The first-order chi connectivity index (χ1) is 12.2. The molecule has 6 heteroatoms. The molecule has 0 atom stereocenters. The second-order valence-electron chi connectivity index (χ2n) is 5.13. The number of aromatic nitrogens is 1. The van der Waals surface area contributed by atoms with Gasteiger partial charge in [0.15, 0.2) is 5.13 Å². The van der Waals surface area contributed by atoms with Crippen LogP contribution >= 0.6 is 11.3 Å². The van der Waals surface area contributed by atoms with Crippen LogP contribution in [0.15, 0.2) is 66.6 Å². The fourth-order valence-corrected chi connectivity index (χ4v) is 2.85. The SMILES string of the molecule is C=CCOc1ccc(C(=O)Nc2nc(-c3cccc(F)c3)cs2)cc1. The summed E-state index contributed by atoms with van der Waals surface area (Å²) in [5, 5.41) is 4.97. The molecule has 1 amide bonds. The molecule has 25 heavy (non-hydrogen) atoms. The smallest absolute Gasteiger partial charge is 0.257 e. The van der Waals surface area contributed by atoms with Gasteiger partial charge in [0, 0.05) is 16.5 Å². The second kappa shape index (κ2) is 7.72. The quantitative estimate of drug-likeness (QED) is 0.649. The zero-order chi connectivity index (χ0) is 17.6. The molecule has 126 valence electrons. The molecule has 1 aromatic heterocycles. The highest BCUT2D eigenvalue weighted by molar-refractivity contribution is 7.14. The van der Waals surface area contributed by atoms with E-state index in [9.17, 15) is 9.18 Å². The Kier molecular flexibility index (Phi) is 5.20. The lowest BCUT2D eigenvalue weighted by Gasteiger charge is -2.05. The molecule has 0 unspecified atom stereocenters. The Morgan fingerprint density at radius 1 is 1.28 bits per heavy atom. The van der Waals surface area contributed by atoms with Crippen molar-refractivity contribution >= 4 is 22.4 Å². The van der Waals surface area contributed by atoms with Gasteiger partial charge >= 0.3 is 0 Å². The third-order valence-electron chi connectivity index (χ3n) is 3.33. The van der Waals surface area contributed by atoms with Gasteiger partial charge in [-0.05, 0) is 36.4 Å². The number of halogens is 1. The molecule has 0 aliphatic heterocycles. The maximum Gasteiger partial charge on any atom is 0.257 e. The molecule has 0 spiro atoms. The van der Waals surface area contributed by atoms with Gasteiger partial charge in [-0.3, -0.25) is 10.1 Å². The molecule has 0 bridgehead atoms. The average Bonchev–Trinajstić information content (AvgIpc) is 3.09. The molecular weight excluding hydrogens is 339 g/mol. The van der Waals surface area contributed by atoms with Gasteiger partial charge in [0.2, 0.25) is 0 Å².